The van der Waals surface area contributed by atoms with E-state index < -0.39 is 18.3 Å². The van der Waals surface area contributed by atoms with Crippen molar-refractivity contribution in [3.05, 3.63) is 27.7 Å². The van der Waals surface area contributed by atoms with E-state index in [1.165, 1.54) is 6.20 Å². The summed E-state index contributed by atoms with van der Waals surface area (Å²) in [6, 6.07) is 0. The lowest BCUT2D eigenvalue weighted by atomic mass is 10.1. The van der Waals surface area contributed by atoms with E-state index >= 15 is 0 Å². The molecule has 0 unspecified atom stereocenters. The Kier molecular flexibility index (Phi) is 2.71. The lowest BCUT2D eigenvalue weighted by molar-refractivity contribution is -0.143. The molecule has 0 aliphatic carbocycles. The van der Waals surface area contributed by atoms with Crippen molar-refractivity contribution in [2.24, 2.45) is 0 Å². The molecule has 0 spiro atoms. The zero-order chi connectivity index (χ0) is 11.8. The molecule has 2 rings (SSSR count). The number of hydrogen-bond donors (Lipinski definition) is 1. The van der Waals surface area contributed by atoms with Crippen LogP contribution in [0.3, 0.4) is 0 Å². The van der Waals surface area contributed by atoms with Gasteiger partial charge in [0.05, 0.1) is 6.20 Å². The summed E-state index contributed by atoms with van der Waals surface area (Å²) >= 11 is 0. The molecule has 0 aromatic carbocycles. The molecule has 0 saturated carbocycles. The number of alkyl halides is 3. The van der Waals surface area contributed by atoms with E-state index in [1.807, 2.05) is 0 Å². The Bertz CT molecular complexity index is 452. The maximum Gasteiger partial charge on any atom is 0.408 e. The van der Waals surface area contributed by atoms with E-state index in [9.17, 15) is 18.0 Å². The largest absolute Gasteiger partial charge is 0.408 e. The van der Waals surface area contributed by atoms with Crippen LogP contribution in [0.15, 0.2) is 11.0 Å². The number of fused-ring (bicyclic) bond motifs is 1. The van der Waals surface area contributed by atoms with Crippen LogP contribution in [0.2, 0.25) is 0 Å². The number of aromatic nitrogens is 2. The quantitative estimate of drug-likeness (QED) is 0.766. The molecule has 1 N–H and O–H groups in total. The zero-order valence-corrected chi connectivity index (χ0v) is 8.34. The van der Waals surface area contributed by atoms with Crippen LogP contribution in [0.1, 0.15) is 11.1 Å². The molecule has 88 valence electrons. The highest BCUT2D eigenvalue weighted by Gasteiger charge is 2.30. The molecule has 0 bridgehead atoms. The summed E-state index contributed by atoms with van der Waals surface area (Å²) < 4.78 is 36.9. The Morgan fingerprint density at radius 2 is 2.25 bits per heavy atom. The number of halogens is 3. The minimum atomic E-state index is -4.42. The SMILES string of the molecule is O=c1c2c(cnn1CC(F)(F)F)CCNC2. The molecule has 2 heterocycles. The number of rotatable bonds is 1. The van der Waals surface area contributed by atoms with Gasteiger partial charge in [0.2, 0.25) is 0 Å². The molecular formula is C9H10F3N3O. The fraction of sp³-hybridized carbons (Fsp3) is 0.556. The summed E-state index contributed by atoms with van der Waals surface area (Å²) in [6.45, 7) is -0.301. The van der Waals surface area contributed by atoms with E-state index in [0.29, 0.717) is 23.2 Å². The Morgan fingerprint density at radius 3 is 2.94 bits per heavy atom. The maximum absolute atomic E-state index is 12.1. The van der Waals surface area contributed by atoms with Crippen LogP contribution in [0.25, 0.3) is 0 Å². The van der Waals surface area contributed by atoms with E-state index in [0.717, 1.165) is 12.1 Å². The van der Waals surface area contributed by atoms with Gasteiger partial charge in [-0.15, -0.1) is 0 Å². The first-order chi connectivity index (χ1) is 7.47. The van der Waals surface area contributed by atoms with Gasteiger partial charge in [-0.05, 0) is 18.5 Å². The van der Waals surface area contributed by atoms with Gasteiger partial charge in [-0.3, -0.25) is 4.79 Å². The number of hydrogen-bond acceptors (Lipinski definition) is 3. The average Bonchev–Trinajstić information content (AvgIpc) is 2.21. The van der Waals surface area contributed by atoms with Gasteiger partial charge < -0.3 is 5.32 Å². The third kappa shape index (κ3) is 2.24. The van der Waals surface area contributed by atoms with Crippen molar-refractivity contribution in [2.75, 3.05) is 6.54 Å². The van der Waals surface area contributed by atoms with Gasteiger partial charge in [0.25, 0.3) is 5.56 Å². The highest BCUT2D eigenvalue weighted by atomic mass is 19.4. The topological polar surface area (TPSA) is 46.9 Å². The highest BCUT2D eigenvalue weighted by molar-refractivity contribution is 5.23. The Balaban J connectivity index is 2.39. The summed E-state index contributed by atoms with van der Waals surface area (Å²) in [7, 11) is 0. The predicted molar refractivity (Wildman–Crippen MR) is 50.0 cm³/mol. The third-order valence-electron chi connectivity index (χ3n) is 2.44. The molecule has 1 aromatic heterocycles. The van der Waals surface area contributed by atoms with Crippen LogP contribution < -0.4 is 10.9 Å². The van der Waals surface area contributed by atoms with Gasteiger partial charge >= 0.3 is 6.18 Å². The van der Waals surface area contributed by atoms with E-state index in [-0.39, 0.29) is 0 Å². The number of nitrogens with one attached hydrogen (secondary N) is 1. The van der Waals surface area contributed by atoms with Gasteiger partial charge in [0.15, 0.2) is 0 Å². The van der Waals surface area contributed by atoms with Crippen LogP contribution >= 0.6 is 0 Å². The van der Waals surface area contributed by atoms with Gasteiger partial charge in [-0.1, -0.05) is 0 Å². The maximum atomic E-state index is 12.1. The van der Waals surface area contributed by atoms with E-state index in [2.05, 4.69) is 10.4 Å². The fourth-order valence-corrected chi connectivity index (χ4v) is 1.69. The van der Waals surface area contributed by atoms with Crippen molar-refractivity contribution in [1.82, 2.24) is 15.1 Å². The van der Waals surface area contributed by atoms with Crippen molar-refractivity contribution < 1.29 is 13.2 Å². The molecule has 4 nitrogen and oxygen atoms in total. The van der Waals surface area contributed by atoms with Crippen LogP contribution in [-0.4, -0.2) is 22.5 Å². The molecule has 16 heavy (non-hydrogen) atoms. The standard InChI is InChI=1S/C9H10F3N3O/c10-9(11,12)5-15-8(16)7-4-13-2-1-6(7)3-14-15/h3,13H,1-2,4-5H2. The van der Waals surface area contributed by atoms with Crippen LogP contribution in [0.4, 0.5) is 13.2 Å². The fourth-order valence-electron chi connectivity index (χ4n) is 1.69. The second-order valence-electron chi connectivity index (χ2n) is 3.65. The first kappa shape index (κ1) is 11.1. The van der Waals surface area contributed by atoms with Crippen molar-refractivity contribution in [2.45, 2.75) is 25.7 Å². The molecule has 0 radical (unpaired) electrons. The number of nitrogens with zero attached hydrogens (tertiary/aromatic N) is 2. The van der Waals surface area contributed by atoms with Gasteiger partial charge in [0.1, 0.15) is 6.54 Å². The van der Waals surface area contributed by atoms with Gasteiger partial charge in [-0.25, -0.2) is 4.68 Å². The summed E-state index contributed by atoms with van der Waals surface area (Å²) in [5, 5.41) is 6.48. The predicted octanol–water partition coefficient (Wildman–Crippen LogP) is 0.451. The van der Waals surface area contributed by atoms with Crippen molar-refractivity contribution in [3.8, 4) is 0 Å². The van der Waals surface area contributed by atoms with Crippen molar-refractivity contribution >= 4 is 0 Å². The molecule has 7 heteroatoms. The zero-order valence-electron chi connectivity index (χ0n) is 8.34. The molecule has 1 aliphatic rings. The first-order valence-electron chi connectivity index (χ1n) is 4.83. The minimum Gasteiger partial charge on any atom is -0.312 e. The lowest BCUT2D eigenvalue weighted by Crippen LogP contribution is -2.37. The smallest absolute Gasteiger partial charge is 0.312 e. The second kappa shape index (κ2) is 3.89. The Labute approximate surface area is 89.1 Å². The van der Waals surface area contributed by atoms with Crippen molar-refractivity contribution in [1.29, 1.82) is 0 Å². The summed E-state index contributed by atoms with van der Waals surface area (Å²) in [5.41, 5.74) is 0.481. The second-order valence-corrected chi connectivity index (χ2v) is 3.65. The molecule has 1 aliphatic heterocycles. The Hall–Kier alpha value is -1.37. The summed E-state index contributed by atoms with van der Waals surface area (Å²) in [6.07, 6.45) is -2.44. The average molecular weight is 233 g/mol. The molecule has 1 aromatic rings. The summed E-state index contributed by atoms with van der Waals surface area (Å²) in [4.78, 5) is 11.7. The minimum absolute atomic E-state index is 0.314. The third-order valence-corrected chi connectivity index (χ3v) is 2.44. The van der Waals surface area contributed by atoms with Gasteiger partial charge in [0, 0.05) is 12.1 Å². The molecule has 0 atom stereocenters. The molecule has 0 saturated heterocycles. The van der Waals surface area contributed by atoms with Crippen LogP contribution in [0.5, 0.6) is 0 Å². The van der Waals surface area contributed by atoms with E-state index in [4.69, 9.17) is 0 Å². The van der Waals surface area contributed by atoms with Crippen LogP contribution in [0, 0.1) is 0 Å². The van der Waals surface area contributed by atoms with Gasteiger partial charge in [-0.2, -0.15) is 18.3 Å². The van der Waals surface area contributed by atoms with Crippen molar-refractivity contribution in [3.63, 3.8) is 0 Å². The molecule has 0 fully saturated rings. The normalized spacial score (nSPS) is 15.9. The molecule has 0 amide bonds. The summed E-state index contributed by atoms with van der Waals surface area (Å²) in [5.74, 6) is 0. The van der Waals surface area contributed by atoms with Crippen LogP contribution in [-0.2, 0) is 19.5 Å². The highest BCUT2D eigenvalue weighted by Crippen LogP contribution is 2.16. The molecular weight excluding hydrogens is 223 g/mol. The lowest BCUT2D eigenvalue weighted by Gasteiger charge is -2.17. The monoisotopic (exact) mass is 233 g/mol. The van der Waals surface area contributed by atoms with E-state index in [1.54, 1.807) is 0 Å². The first-order valence-corrected chi connectivity index (χ1v) is 4.83. The Morgan fingerprint density at radius 1 is 1.50 bits per heavy atom.